The normalized spacial score (nSPS) is 19.4. The summed E-state index contributed by atoms with van der Waals surface area (Å²) < 4.78 is 7.15. The van der Waals surface area contributed by atoms with Gasteiger partial charge in [0.2, 0.25) is 0 Å². The second kappa shape index (κ2) is 4.48. The molecule has 2 aromatic rings. The van der Waals surface area contributed by atoms with Crippen molar-refractivity contribution in [1.29, 1.82) is 0 Å². The van der Waals surface area contributed by atoms with E-state index >= 15 is 0 Å². The molecule has 0 bridgehead atoms. The number of hydrogen-bond acceptors (Lipinski definition) is 2. The highest BCUT2D eigenvalue weighted by Crippen LogP contribution is 2.25. The Bertz CT molecular complexity index is 585. The molecule has 18 heavy (non-hydrogen) atoms. The fourth-order valence-corrected chi connectivity index (χ4v) is 2.75. The molecule has 2 heterocycles. The molecule has 3 nitrogen and oxygen atoms in total. The molecule has 1 aliphatic rings. The maximum absolute atomic E-state index is 11.4. The third-order valence-corrected chi connectivity index (χ3v) is 3.79. The Hall–Kier alpha value is -1.77. The van der Waals surface area contributed by atoms with Crippen molar-refractivity contribution in [2.24, 2.45) is 13.0 Å². The van der Waals surface area contributed by atoms with E-state index in [0.717, 1.165) is 19.3 Å². The Morgan fingerprint density at radius 1 is 1.39 bits per heavy atom. The zero-order valence-corrected chi connectivity index (χ0v) is 10.6. The van der Waals surface area contributed by atoms with Gasteiger partial charge in [0.15, 0.2) is 0 Å². The molecule has 1 fully saturated rings. The molecular formula is C15H17NO2. The second-order valence-electron chi connectivity index (χ2n) is 4.97. The number of cyclic esters (lactones) is 1. The number of fused-ring (bicyclic) bond motifs is 1. The Labute approximate surface area is 106 Å². The van der Waals surface area contributed by atoms with Crippen molar-refractivity contribution in [2.75, 3.05) is 6.61 Å². The summed E-state index contributed by atoms with van der Waals surface area (Å²) in [7, 11) is 2.07. The van der Waals surface area contributed by atoms with Crippen molar-refractivity contribution in [3.8, 4) is 0 Å². The van der Waals surface area contributed by atoms with E-state index in [1.165, 1.54) is 16.5 Å². The zero-order chi connectivity index (χ0) is 12.5. The Morgan fingerprint density at radius 2 is 2.22 bits per heavy atom. The van der Waals surface area contributed by atoms with Crippen LogP contribution in [0.3, 0.4) is 0 Å². The molecule has 1 saturated heterocycles. The van der Waals surface area contributed by atoms with Crippen LogP contribution >= 0.6 is 0 Å². The van der Waals surface area contributed by atoms with Gasteiger partial charge in [0.1, 0.15) is 0 Å². The number of carbonyl (C=O) groups excluding carboxylic acids is 1. The van der Waals surface area contributed by atoms with Gasteiger partial charge in [-0.1, -0.05) is 18.2 Å². The van der Waals surface area contributed by atoms with Gasteiger partial charge in [-0.05, 0) is 30.9 Å². The van der Waals surface area contributed by atoms with Crippen LogP contribution in [0.25, 0.3) is 10.9 Å². The van der Waals surface area contributed by atoms with Crippen LogP contribution in [0.5, 0.6) is 0 Å². The molecule has 0 aliphatic carbocycles. The maximum atomic E-state index is 11.4. The number of nitrogens with zero attached hydrogens (tertiary/aromatic N) is 1. The SMILES string of the molecule is Cn1cc(CCC2CCOC2=O)c2ccccc21. The summed E-state index contributed by atoms with van der Waals surface area (Å²) in [5.41, 5.74) is 2.58. The highest BCUT2D eigenvalue weighted by molar-refractivity contribution is 5.84. The summed E-state index contributed by atoms with van der Waals surface area (Å²) in [6.45, 7) is 0.596. The first-order valence-corrected chi connectivity index (χ1v) is 6.45. The summed E-state index contributed by atoms with van der Waals surface area (Å²) in [6, 6.07) is 8.40. The second-order valence-corrected chi connectivity index (χ2v) is 4.97. The summed E-state index contributed by atoms with van der Waals surface area (Å²) >= 11 is 0. The molecule has 1 aromatic carbocycles. The molecule has 3 rings (SSSR count). The number of ether oxygens (including phenoxy) is 1. The van der Waals surface area contributed by atoms with E-state index in [4.69, 9.17) is 4.74 Å². The number of hydrogen-bond donors (Lipinski definition) is 0. The average Bonchev–Trinajstić information content (AvgIpc) is 2.92. The van der Waals surface area contributed by atoms with E-state index in [-0.39, 0.29) is 11.9 Å². The maximum Gasteiger partial charge on any atom is 0.309 e. The topological polar surface area (TPSA) is 31.2 Å². The Balaban J connectivity index is 1.80. The molecule has 1 unspecified atom stereocenters. The predicted octanol–water partition coefficient (Wildman–Crippen LogP) is 2.67. The van der Waals surface area contributed by atoms with E-state index in [1.54, 1.807) is 0 Å². The summed E-state index contributed by atoms with van der Waals surface area (Å²) in [5, 5.41) is 1.30. The van der Waals surface area contributed by atoms with Gasteiger partial charge in [-0.15, -0.1) is 0 Å². The van der Waals surface area contributed by atoms with Crippen molar-refractivity contribution in [2.45, 2.75) is 19.3 Å². The third kappa shape index (κ3) is 1.90. The van der Waals surface area contributed by atoms with Crippen molar-refractivity contribution >= 4 is 16.9 Å². The van der Waals surface area contributed by atoms with Crippen LogP contribution in [0.4, 0.5) is 0 Å². The van der Waals surface area contributed by atoms with Crippen molar-refractivity contribution in [3.05, 3.63) is 36.0 Å². The van der Waals surface area contributed by atoms with Gasteiger partial charge in [0, 0.05) is 24.1 Å². The molecule has 1 aliphatic heterocycles. The molecule has 0 saturated carbocycles. The smallest absolute Gasteiger partial charge is 0.309 e. The van der Waals surface area contributed by atoms with E-state index in [2.05, 4.69) is 42.1 Å². The minimum atomic E-state index is -0.0183. The van der Waals surface area contributed by atoms with Gasteiger partial charge in [-0.2, -0.15) is 0 Å². The quantitative estimate of drug-likeness (QED) is 0.776. The number of aryl methyl sites for hydroxylation is 2. The highest BCUT2D eigenvalue weighted by atomic mass is 16.5. The van der Waals surface area contributed by atoms with Crippen LogP contribution in [-0.2, 0) is 23.0 Å². The van der Waals surface area contributed by atoms with Crippen LogP contribution in [0.1, 0.15) is 18.4 Å². The average molecular weight is 243 g/mol. The molecule has 0 spiro atoms. The van der Waals surface area contributed by atoms with Crippen LogP contribution < -0.4 is 0 Å². The molecule has 94 valence electrons. The zero-order valence-electron chi connectivity index (χ0n) is 10.6. The Kier molecular flexibility index (Phi) is 2.82. The minimum Gasteiger partial charge on any atom is -0.465 e. The molecule has 3 heteroatoms. The van der Waals surface area contributed by atoms with E-state index < -0.39 is 0 Å². The lowest BCUT2D eigenvalue weighted by Gasteiger charge is -2.04. The monoisotopic (exact) mass is 243 g/mol. The molecule has 0 radical (unpaired) electrons. The van der Waals surface area contributed by atoms with Crippen LogP contribution in [-0.4, -0.2) is 17.1 Å². The predicted molar refractivity (Wildman–Crippen MR) is 70.3 cm³/mol. The number of esters is 1. The van der Waals surface area contributed by atoms with Gasteiger partial charge in [-0.3, -0.25) is 4.79 Å². The first-order valence-electron chi connectivity index (χ1n) is 6.45. The van der Waals surface area contributed by atoms with Crippen LogP contribution in [0.2, 0.25) is 0 Å². The van der Waals surface area contributed by atoms with Crippen molar-refractivity contribution in [1.82, 2.24) is 4.57 Å². The van der Waals surface area contributed by atoms with Gasteiger partial charge >= 0.3 is 5.97 Å². The van der Waals surface area contributed by atoms with Gasteiger partial charge in [-0.25, -0.2) is 0 Å². The van der Waals surface area contributed by atoms with E-state index in [0.29, 0.717) is 6.61 Å². The first-order chi connectivity index (χ1) is 8.75. The van der Waals surface area contributed by atoms with E-state index in [1.807, 2.05) is 0 Å². The third-order valence-electron chi connectivity index (χ3n) is 3.79. The first kappa shape index (κ1) is 11.3. The van der Waals surface area contributed by atoms with Gasteiger partial charge in [0.25, 0.3) is 0 Å². The summed E-state index contributed by atoms with van der Waals surface area (Å²) in [4.78, 5) is 11.4. The van der Waals surface area contributed by atoms with Crippen LogP contribution in [0.15, 0.2) is 30.5 Å². The van der Waals surface area contributed by atoms with Gasteiger partial charge in [0.05, 0.1) is 12.5 Å². The number of rotatable bonds is 3. The van der Waals surface area contributed by atoms with Crippen molar-refractivity contribution in [3.63, 3.8) is 0 Å². The lowest BCUT2D eigenvalue weighted by molar-refractivity contribution is -0.141. The lowest BCUT2D eigenvalue weighted by Crippen LogP contribution is -2.08. The number of carbonyl (C=O) groups is 1. The summed E-state index contributed by atoms with van der Waals surface area (Å²) in [6.07, 6.45) is 4.89. The molecule has 1 atom stereocenters. The highest BCUT2D eigenvalue weighted by Gasteiger charge is 2.26. The summed E-state index contributed by atoms with van der Waals surface area (Å²) in [5.74, 6) is 0.0826. The molecule has 0 N–H and O–H groups in total. The number of para-hydroxylation sites is 1. The number of benzene rings is 1. The molecule has 1 aromatic heterocycles. The largest absolute Gasteiger partial charge is 0.465 e. The van der Waals surface area contributed by atoms with Crippen LogP contribution in [0, 0.1) is 5.92 Å². The molecular weight excluding hydrogens is 226 g/mol. The standard InChI is InChI=1S/C15H17NO2/c1-16-10-12(13-4-2-3-5-14(13)16)7-6-11-8-9-18-15(11)17/h2-5,10-11H,6-9H2,1H3. The fraction of sp³-hybridized carbons (Fsp3) is 0.400. The van der Waals surface area contributed by atoms with Gasteiger partial charge < -0.3 is 9.30 Å². The minimum absolute atomic E-state index is 0.0183. The van der Waals surface area contributed by atoms with Crippen molar-refractivity contribution < 1.29 is 9.53 Å². The number of aromatic nitrogens is 1. The lowest BCUT2D eigenvalue weighted by atomic mass is 9.98. The molecule has 0 amide bonds. The van der Waals surface area contributed by atoms with E-state index in [9.17, 15) is 4.79 Å². The Morgan fingerprint density at radius 3 is 3.00 bits per heavy atom. The fourth-order valence-electron chi connectivity index (χ4n) is 2.75.